The van der Waals surface area contributed by atoms with Gasteiger partial charge in [0, 0.05) is 13.2 Å². The van der Waals surface area contributed by atoms with Crippen LogP contribution in [0.5, 0.6) is 0 Å². The topological polar surface area (TPSA) is 21.3 Å². The quantitative estimate of drug-likeness (QED) is 0.609. The van der Waals surface area contributed by atoms with Gasteiger partial charge in [-0.1, -0.05) is 46.0 Å². The molecule has 0 aromatic rings. The van der Waals surface area contributed by atoms with Crippen LogP contribution in [0.15, 0.2) is 0 Å². The molecular weight excluding hydrogens is 198 g/mol. The van der Waals surface area contributed by atoms with Crippen LogP contribution in [0, 0.1) is 0 Å². The van der Waals surface area contributed by atoms with Gasteiger partial charge in [0.25, 0.3) is 0 Å². The van der Waals surface area contributed by atoms with E-state index in [1.54, 1.807) is 0 Å². The second kappa shape index (κ2) is 8.08. The Bertz CT molecular complexity index is 164. The maximum Gasteiger partial charge on any atom is 0.0806 e. The summed E-state index contributed by atoms with van der Waals surface area (Å²) < 4.78 is 6.18. The second-order valence-electron chi connectivity index (χ2n) is 5.08. The molecule has 16 heavy (non-hydrogen) atoms. The van der Waals surface area contributed by atoms with Crippen LogP contribution in [-0.2, 0) is 4.74 Å². The third-order valence-corrected chi connectivity index (χ3v) is 3.62. The van der Waals surface area contributed by atoms with Gasteiger partial charge in [-0.2, -0.15) is 0 Å². The summed E-state index contributed by atoms with van der Waals surface area (Å²) in [5.74, 6) is 0. The maximum absolute atomic E-state index is 6.18. The summed E-state index contributed by atoms with van der Waals surface area (Å²) in [6, 6.07) is 0. The molecule has 2 nitrogen and oxygen atoms in total. The summed E-state index contributed by atoms with van der Waals surface area (Å²) >= 11 is 0. The number of nitrogens with one attached hydrogen (secondary N) is 1. The van der Waals surface area contributed by atoms with Crippen molar-refractivity contribution in [2.45, 2.75) is 70.8 Å². The monoisotopic (exact) mass is 227 g/mol. The van der Waals surface area contributed by atoms with Crippen molar-refractivity contribution in [1.29, 1.82) is 0 Å². The summed E-state index contributed by atoms with van der Waals surface area (Å²) in [5, 5.41) is 3.46. The molecule has 0 aromatic carbocycles. The Hall–Kier alpha value is -0.0800. The van der Waals surface area contributed by atoms with Gasteiger partial charge < -0.3 is 10.1 Å². The summed E-state index contributed by atoms with van der Waals surface area (Å²) in [6.07, 6.45) is 10.4. The first-order valence-electron chi connectivity index (χ1n) is 7.17. The maximum atomic E-state index is 6.18. The lowest BCUT2D eigenvalue weighted by Gasteiger charge is -2.29. The molecule has 0 spiro atoms. The predicted molar refractivity (Wildman–Crippen MR) is 69.8 cm³/mol. The fourth-order valence-electron chi connectivity index (χ4n) is 2.56. The predicted octanol–water partition coefficient (Wildman–Crippen LogP) is 3.51. The molecule has 1 aliphatic carbocycles. The fraction of sp³-hybridized carbons (Fsp3) is 1.00. The van der Waals surface area contributed by atoms with Crippen LogP contribution < -0.4 is 5.32 Å². The standard InChI is InChI=1S/C14H29NO/c1-3-5-6-9-12-16-14(13-15-4-2)10-7-8-11-14/h15H,3-13H2,1-2H3. The average molecular weight is 227 g/mol. The highest BCUT2D eigenvalue weighted by Gasteiger charge is 2.33. The van der Waals surface area contributed by atoms with E-state index in [2.05, 4.69) is 19.2 Å². The highest BCUT2D eigenvalue weighted by Crippen LogP contribution is 2.32. The van der Waals surface area contributed by atoms with Gasteiger partial charge in [0.2, 0.25) is 0 Å². The van der Waals surface area contributed by atoms with E-state index >= 15 is 0 Å². The molecule has 0 radical (unpaired) electrons. The van der Waals surface area contributed by atoms with Crippen LogP contribution in [0.25, 0.3) is 0 Å². The zero-order valence-corrected chi connectivity index (χ0v) is 11.2. The Labute approximate surface area is 101 Å². The second-order valence-corrected chi connectivity index (χ2v) is 5.08. The molecule has 1 saturated carbocycles. The molecule has 1 fully saturated rings. The van der Waals surface area contributed by atoms with E-state index in [1.807, 2.05) is 0 Å². The minimum Gasteiger partial charge on any atom is -0.374 e. The third kappa shape index (κ3) is 4.84. The highest BCUT2D eigenvalue weighted by atomic mass is 16.5. The molecule has 0 unspecified atom stereocenters. The molecule has 1 N–H and O–H groups in total. The van der Waals surface area contributed by atoms with E-state index in [4.69, 9.17) is 4.74 Å². The normalized spacial score (nSPS) is 19.1. The van der Waals surface area contributed by atoms with E-state index in [9.17, 15) is 0 Å². The van der Waals surface area contributed by atoms with Gasteiger partial charge in [-0.3, -0.25) is 0 Å². The molecule has 0 aliphatic heterocycles. The Morgan fingerprint density at radius 3 is 2.44 bits per heavy atom. The Balaban J connectivity index is 2.17. The van der Waals surface area contributed by atoms with E-state index < -0.39 is 0 Å². The van der Waals surface area contributed by atoms with Crippen molar-refractivity contribution in [3.8, 4) is 0 Å². The molecule has 0 saturated heterocycles. The van der Waals surface area contributed by atoms with Gasteiger partial charge in [0.1, 0.15) is 0 Å². The van der Waals surface area contributed by atoms with Gasteiger partial charge in [-0.15, -0.1) is 0 Å². The van der Waals surface area contributed by atoms with Crippen LogP contribution in [0.2, 0.25) is 0 Å². The van der Waals surface area contributed by atoms with E-state index in [0.717, 1.165) is 19.7 Å². The molecule has 96 valence electrons. The molecule has 2 heteroatoms. The molecular formula is C14H29NO. The van der Waals surface area contributed by atoms with Crippen LogP contribution >= 0.6 is 0 Å². The molecule has 0 heterocycles. The summed E-state index contributed by atoms with van der Waals surface area (Å²) in [6.45, 7) is 7.50. The Morgan fingerprint density at radius 2 is 1.81 bits per heavy atom. The number of rotatable bonds is 9. The minimum absolute atomic E-state index is 0.183. The Morgan fingerprint density at radius 1 is 1.06 bits per heavy atom. The molecule has 0 aromatic heterocycles. The van der Waals surface area contributed by atoms with Crippen molar-refractivity contribution in [2.75, 3.05) is 19.7 Å². The van der Waals surface area contributed by atoms with Crippen LogP contribution in [0.1, 0.15) is 65.2 Å². The molecule has 0 amide bonds. The van der Waals surface area contributed by atoms with E-state index in [-0.39, 0.29) is 5.60 Å². The minimum atomic E-state index is 0.183. The van der Waals surface area contributed by atoms with Crippen molar-refractivity contribution in [2.24, 2.45) is 0 Å². The number of ether oxygens (including phenoxy) is 1. The third-order valence-electron chi connectivity index (χ3n) is 3.62. The van der Waals surface area contributed by atoms with Crippen molar-refractivity contribution >= 4 is 0 Å². The first-order valence-corrected chi connectivity index (χ1v) is 7.17. The van der Waals surface area contributed by atoms with Crippen molar-refractivity contribution in [3.63, 3.8) is 0 Å². The number of likely N-dealkylation sites (N-methyl/N-ethyl adjacent to an activating group) is 1. The average Bonchev–Trinajstić information content (AvgIpc) is 2.76. The van der Waals surface area contributed by atoms with Crippen molar-refractivity contribution in [3.05, 3.63) is 0 Å². The smallest absolute Gasteiger partial charge is 0.0806 e. The van der Waals surface area contributed by atoms with Crippen LogP contribution in [-0.4, -0.2) is 25.3 Å². The summed E-state index contributed by atoms with van der Waals surface area (Å²) in [4.78, 5) is 0. The lowest BCUT2D eigenvalue weighted by atomic mass is 10.0. The number of hydrogen-bond donors (Lipinski definition) is 1. The van der Waals surface area contributed by atoms with Gasteiger partial charge in [0.15, 0.2) is 0 Å². The zero-order chi connectivity index (χ0) is 11.7. The number of unbranched alkanes of at least 4 members (excludes halogenated alkanes) is 3. The first kappa shape index (κ1) is 14.0. The van der Waals surface area contributed by atoms with Crippen molar-refractivity contribution < 1.29 is 4.74 Å². The van der Waals surface area contributed by atoms with Crippen LogP contribution in [0.4, 0.5) is 0 Å². The van der Waals surface area contributed by atoms with Crippen molar-refractivity contribution in [1.82, 2.24) is 5.32 Å². The zero-order valence-electron chi connectivity index (χ0n) is 11.2. The van der Waals surface area contributed by atoms with Gasteiger partial charge in [0.05, 0.1) is 5.60 Å². The summed E-state index contributed by atoms with van der Waals surface area (Å²) in [7, 11) is 0. The SMILES string of the molecule is CCCCCCOC1(CNCC)CCCC1. The molecule has 0 bridgehead atoms. The van der Waals surface area contributed by atoms with Gasteiger partial charge in [-0.05, 0) is 25.8 Å². The largest absolute Gasteiger partial charge is 0.374 e. The summed E-state index contributed by atoms with van der Waals surface area (Å²) in [5.41, 5.74) is 0.183. The molecule has 0 atom stereocenters. The number of hydrogen-bond acceptors (Lipinski definition) is 2. The van der Waals surface area contributed by atoms with E-state index in [1.165, 1.54) is 51.4 Å². The fourth-order valence-corrected chi connectivity index (χ4v) is 2.56. The molecule has 1 aliphatic rings. The van der Waals surface area contributed by atoms with Gasteiger partial charge in [-0.25, -0.2) is 0 Å². The lowest BCUT2D eigenvalue weighted by Crippen LogP contribution is -2.41. The highest BCUT2D eigenvalue weighted by molar-refractivity contribution is 4.88. The van der Waals surface area contributed by atoms with Gasteiger partial charge >= 0.3 is 0 Å². The molecule has 1 rings (SSSR count). The lowest BCUT2D eigenvalue weighted by molar-refractivity contribution is -0.0405. The van der Waals surface area contributed by atoms with E-state index in [0.29, 0.717) is 0 Å². The first-order chi connectivity index (χ1) is 7.83. The Kier molecular flexibility index (Phi) is 7.06. The van der Waals surface area contributed by atoms with Crippen LogP contribution in [0.3, 0.4) is 0 Å².